The molecule has 0 saturated heterocycles. The summed E-state index contributed by atoms with van der Waals surface area (Å²) < 4.78 is 17.5. The number of aliphatic hydroxyl groups excluding tert-OH is 1. The molecular weight excluding hydrogens is 540 g/mol. The molecule has 0 amide bonds. The van der Waals surface area contributed by atoms with Crippen molar-refractivity contribution in [3.8, 4) is 0 Å². The number of ketones is 1. The van der Waals surface area contributed by atoms with E-state index >= 15 is 0 Å². The number of rotatable bonds is 5. The van der Waals surface area contributed by atoms with Crippen molar-refractivity contribution in [2.75, 3.05) is 0 Å². The molecule has 2 bridgehead atoms. The van der Waals surface area contributed by atoms with Gasteiger partial charge in [-0.05, 0) is 48.1 Å². The molecule has 9 heteroatoms. The minimum absolute atomic E-state index is 0.231. The maximum atomic E-state index is 13.3. The first-order chi connectivity index (χ1) is 19.5. The molecule has 3 aliphatic carbocycles. The van der Waals surface area contributed by atoms with E-state index in [0.29, 0.717) is 5.57 Å². The van der Waals surface area contributed by atoms with E-state index in [2.05, 4.69) is 6.58 Å². The first kappa shape index (κ1) is 31.4. The summed E-state index contributed by atoms with van der Waals surface area (Å²) >= 11 is 0. The third kappa shape index (κ3) is 5.24. The fourth-order valence-electron chi connectivity index (χ4n) is 7.32. The highest BCUT2D eigenvalue weighted by Crippen LogP contribution is 2.61. The molecule has 0 radical (unpaired) electrons. The standard InChI is InChI=1S/C33H40O9/c1-18-23(36)17-33(39)29(40-20(3)34)27-19(2)24(42-25(37)14-13-22-11-9-8-10-12-22)15-16-32(27,7)30(41-21(4)35)28(38)26(18)31(33,5)6/h8-14,24,27-30,38-39H,2,15-17H2,1,3-7H3/b14-13+/t24?,27-,28?,29?,30?,32+,33+/m0/s1. The Morgan fingerprint density at radius 2 is 1.60 bits per heavy atom. The molecule has 9 nitrogen and oxygen atoms in total. The molecule has 7 atom stereocenters. The summed E-state index contributed by atoms with van der Waals surface area (Å²) in [5.74, 6) is -3.37. The van der Waals surface area contributed by atoms with Gasteiger partial charge in [0.15, 0.2) is 5.78 Å². The van der Waals surface area contributed by atoms with E-state index in [0.717, 1.165) is 5.56 Å². The maximum Gasteiger partial charge on any atom is 0.331 e. The van der Waals surface area contributed by atoms with Gasteiger partial charge in [-0.15, -0.1) is 0 Å². The number of Topliss-reactive ketones (excluding diaryl/α,β-unsaturated/α-hetero) is 1. The van der Waals surface area contributed by atoms with Gasteiger partial charge >= 0.3 is 17.9 Å². The number of benzene rings is 1. The lowest BCUT2D eigenvalue weighted by Gasteiger charge is -2.61. The molecule has 226 valence electrons. The number of hydrogen-bond acceptors (Lipinski definition) is 9. The maximum absolute atomic E-state index is 13.3. The Kier molecular flexibility index (Phi) is 8.41. The summed E-state index contributed by atoms with van der Waals surface area (Å²) in [6.07, 6.45) is -1.75. The van der Waals surface area contributed by atoms with Crippen LogP contribution < -0.4 is 0 Å². The number of allylic oxidation sites excluding steroid dienone is 1. The van der Waals surface area contributed by atoms with Crippen molar-refractivity contribution in [3.05, 3.63) is 65.3 Å². The van der Waals surface area contributed by atoms with Crippen LogP contribution >= 0.6 is 0 Å². The van der Waals surface area contributed by atoms with Crippen LogP contribution in [0.3, 0.4) is 0 Å². The van der Waals surface area contributed by atoms with Crippen LogP contribution in [0.25, 0.3) is 6.08 Å². The van der Waals surface area contributed by atoms with Gasteiger partial charge in [-0.2, -0.15) is 0 Å². The van der Waals surface area contributed by atoms with Gasteiger partial charge in [0, 0.05) is 43.1 Å². The SMILES string of the molecule is C=C1C(OC(=O)/C=C/c2ccccc2)CC[C@@]2(C)C(OC(C)=O)C(O)C3=C(C)C(=O)C[C@@](O)(C(OC(C)=O)[C@H]12)C3(C)C. The van der Waals surface area contributed by atoms with Crippen LogP contribution in [0.15, 0.2) is 59.7 Å². The van der Waals surface area contributed by atoms with E-state index in [4.69, 9.17) is 14.2 Å². The van der Waals surface area contributed by atoms with Gasteiger partial charge in [0.1, 0.15) is 30.0 Å². The molecule has 0 aliphatic heterocycles. The van der Waals surface area contributed by atoms with Crippen molar-refractivity contribution in [1.29, 1.82) is 0 Å². The lowest BCUT2D eigenvalue weighted by atomic mass is 9.48. The molecule has 2 saturated carbocycles. The number of carbonyl (C=O) groups is 4. The Balaban J connectivity index is 1.84. The molecule has 4 unspecified atom stereocenters. The highest BCUT2D eigenvalue weighted by Gasteiger charge is 2.68. The molecular formula is C33H40O9. The lowest BCUT2D eigenvalue weighted by Crippen LogP contribution is -2.70. The van der Waals surface area contributed by atoms with Gasteiger partial charge in [-0.1, -0.05) is 57.7 Å². The van der Waals surface area contributed by atoms with Crippen LogP contribution in [0.2, 0.25) is 0 Å². The zero-order chi connectivity index (χ0) is 31.2. The molecule has 4 rings (SSSR count). The second-order valence-electron chi connectivity index (χ2n) is 12.5. The molecule has 42 heavy (non-hydrogen) atoms. The Morgan fingerprint density at radius 3 is 2.19 bits per heavy atom. The molecule has 0 spiro atoms. The molecule has 2 fully saturated rings. The highest BCUT2D eigenvalue weighted by molar-refractivity contribution is 5.98. The van der Waals surface area contributed by atoms with E-state index in [1.165, 1.54) is 19.9 Å². The van der Waals surface area contributed by atoms with E-state index in [1.807, 2.05) is 30.3 Å². The van der Waals surface area contributed by atoms with Crippen molar-refractivity contribution in [3.63, 3.8) is 0 Å². The predicted molar refractivity (Wildman–Crippen MR) is 153 cm³/mol. The number of hydrogen-bond donors (Lipinski definition) is 2. The minimum Gasteiger partial charge on any atom is -0.459 e. The summed E-state index contributed by atoms with van der Waals surface area (Å²) in [5, 5.41) is 24.3. The van der Waals surface area contributed by atoms with Gasteiger partial charge in [0.25, 0.3) is 0 Å². The van der Waals surface area contributed by atoms with Crippen molar-refractivity contribution in [1.82, 2.24) is 0 Å². The van der Waals surface area contributed by atoms with E-state index in [1.54, 1.807) is 33.8 Å². The van der Waals surface area contributed by atoms with Crippen LogP contribution in [0.5, 0.6) is 0 Å². The number of carbonyl (C=O) groups excluding carboxylic acids is 4. The normalized spacial score (nSPS) is 34.2. The number of aliphatic hydroxyl groups is 2. The summed E-state index contributed by atoms with van der Waals surface area (Å²) in [5.41, 5.74) is -2.77. The van der Waals surface area contributed by atoms with E-state index in [-0.39, 0.29) is 30.4 Å². The zero-order valence-electron chi connectivity index (χ0n) is 25.0. The zero-order valence-corrected chi connectivity index (χ0v) is 25.0. The Bertz CT molecular complexity index is 1360. The monoisotopic (exact) mass is 580 g/mol. The van der Waals surface area contributed by atoms with Crippen molar-refractivity contribution < 1.29 is 43.6 Å². The van der Waals surface area contributed by atoms with Crippen LogP contribution in [-0.2, 0) is 33.4 Å². The lowest BCUT2D eigenvalue weighted by molar-refractivity contribution is -0.232. The van der Waals surface area contributed by atoms with Crippen LogP contribution in [0.4, 0.5) is 0 Å². The van der Waals surface area contributed by atoms with Gasteiger partial charge in [0.05, 0.1) is 0 Å². The smallest absolute Gasteiger partial charge is 0.331 e. The average molecular weight is 581 g/mol. The van der Waals surface area contributed by atoms with Gasteiger partial charge < -0.3 is 24.4 Å². The van der Waals surface area contributed by atoms with Gasteiger partial charge in [-0.3, -0.25) is 14.4 Å². The quantitative estimate of drug-likeness (QED) is 0.230. The summed E-state index contributed by atoms with van der Waals surface area (Å²) in [4.78, 5) is 51.2. The predicted octanol–water partition coefficient (Wildman–Crippen LogP) is 3.87. The van der Waals surface area contributed by atoms with Gasteiger partial charge in [0.2, 0.25) is 0 Å². The third-order valence-corrected chi connectivity index (χ3v) is 9.54. The fourth-order valence-corrected chi connectivity index (χ4v) is 7.32. The number of ether oxygens (including phenoxy) is 3. The van der Waals surface area contributed by atoms with Crippen molar-refractivity contribution >= 4 is 29.8 Å². The molecule has 0 heterocycles. The molecule has 1 aromatic carbocycles. The number of fused-ring (bicyclic) bond motifs is 3. The van der Waals surface area contributed by atoms with E-state index in [9.17, 15) is 29.4 Å². The molecule has 3 aliphatic rings. The Hall–Kier alpha value is -3.56. The largest absolute Gasteiger partial charge is 0.459 e. The molecule has 1 aromatic rings. The second kappa shape index (κ2) is 11.3. The van der Waals surface area contributed by atoms with Crippen LogP contribution in [-0.4, -0.2) is 63.9 Å². The van der Waals surface area contributed by atoms with Crippen LogP contribution in [0.1, 0.15) is 66.4 Å². The van der Waals surface area contributed by atoms with Crippen molar-refractivity contribution in [2.24, 2.45) is 16.7 Å². The Labute approximate surface area is 246 Å². The minimum atomic E-state index is -1.97. The third-order valence-electron chi connectivity index (χ3n) is 9.54. The molecule has 0 aromatic heterocycles. The first-order valence-electron chi connectivity index (χ1n) is 14.2. The number of esters is 3. The first-order valence-corrected chi connectivity index (χ1v) is 14.2. The van der Waals surface area contributed by atoms with Gasteiger partial charge in [-0.25, -0.2) is 4.79 Å². The van der Waals surface area contributed by atoms with Crippen LogP contribution in [0, 0.1) is 16.7 Å². The van der Waals surface area contributed by atoms with E-state index < -0.39 is 70.5 Å². The summed E-state index contributed by atoms with van der Waals surface area (Å²) in [6.45, 7) is 13.4. The fraction of sp³-hybridized carbons (Fsp3) is 0.515. The summed E-state index contributed by atoms with van der Waals surface area (Å²) in [6, 6.07) is 9.23. The van der Waals surface area contributed by atoms with Crippen molar-refractivity contribution in [2.45, 2.75) is 90.8 Å². The second-order valence-corrected chi connectivity index (χ2v) is 12.5. The molecule has 2 N–H and O–H groups in total. The Morgan fingerprint density at radius 1 is 1.00 bits per heavy atom. The topological polar surface area (TPSA) is 136 Å². The highest BCUT2D eigenvalue weighted by atomic mass is 16.6. The summed E-state index contributed by atoms with van der Waals surface area (Å²) in [7, 11) is 0. The average Bonchev–Trinajstić information content (AvgIpc) is 2.90.